The van der Waals surface area contributed by atoms with Crippen molar-refractivity contribution >= 4 is 40.3 Å². The van der Waals surface area contributed by atoms with Crippen LogP contribution < -0.4 is 21.5 Å². The number of hydrogen-bond acceptors (Lipinski definition) is 2. The molecule has 0 unspecified atom stereocenters. The van der Waals surface area contributed by atoms with Crippen LogP contribution in [0, 0.1) is 5.82 Å². The van der Waals surface area contributed by atoms with E-state index in [1.807, 2.05) is 18.2 Å². The third-order valence-electron chi connectivity index (χ3n) is 2.95. The molecule has 2 rings (SSSR count). The highest BCUT2D eigenvalue weighted by Gasteiger charge is 2.03. The minimum atomic E-state index is -0.375. The van der Waals surface area contributed by atoms with Crippen molar-refractivity contribution in [3.05, 3.63) is 66.0 Å². The molecule has 0 radical (unpaired) electrons. The number of benzene rings is 2. The molecule has 0 atom stereocenters. The second kappa shape index (κ2) is 9.02. The highest BCUT2D eigenvalue weighted by atomic mass is 32.1. The lowest BCUT2D eigenvalue weighted by Gasteiger charge is -2.14. The molecule has 0 aromatic heterocycles. The molecule has 0 saturated heterocycles. The molecule has 23 heavy (non-hydrogen) atoms. The summed E-state index contributed by atoms with van der Waals surface area (Å²) in [5.74, 6) is -0.375. The van der Waals surface area contributed by atoms with E-state index < -0.39 is 0 Å². The maximum absolute atomic E-state index is 13.5. The average molecular weight is 348 g/mol. The van der Waals surface area contributed by atoms with Gasteiger partial charge in [-0.05, 0) is 48.6 Å². The molecule has 120 valence electrons. The summed E-state index contributed by atoms with van der Waals surface area (Å²) in [6.45, 7) is 0.699. The molecule has 2 aromatic carbocycles. The van der Waals surface area contributed by atoms with Crippen LogP contribution in [0.1, 0.15) is 5.56 Å². The van der Waals surface area contributed by atoms with Crippen LogP contribution in [-0.2, 0) is 6.42 Å². The van der Waals surface area contributed by atoms with E-state index in [1.165, 1.54) is 11.6 Å². The normalized spacial score (nSPS) is 9.78. The Bertz CT molecular complexity index is 664. The smallest absolute Gasteiger partial charge is 0.189 e. The topological polar surface area (TPSA) is 48.1 Å². The van der Waals surface area contributed by atoms with Crippen LogP contribution >= 0.6 is 24.4 Å². The van der Waals surface area contributed by atoms with Crippen LogP contribution in [-0.4, -0.2) is 16.8 Å². The molecule has 4 nitrogen and oxygen atoms in total. The first-order chi connectivity index (χ1) is 11.1. The Morgan fingerprint density at radius 1 is 0.870 bits per heavy atom. The number of hydrazine groups is 1. The predicted molar refractivity (Wildman–Crippen MR) is 99.6 cm³/mol. The number of rotatable bonds is 4. The van der Waals surface area contributed by atoms with Crippen molar-refractivity contribution in [2.45, 2.75) is 6.42 Å². The fourth-order valence-electron chi connectivity index (χ4n) is 1.84. The fourth-order valence-corrected chi connectivity index (χ4v) is 2.15. The van der Waals surface area contributed by atoms with Crippen molar-refractivity contribution in [3.63, 3.8) is 0 Å². The molecule has 0 heterocycles. The van der Waals surface area contributed by atoms with Gasteiger partial charge in [-0.2, -0.15) is 0 Å². The third-order valence-corrected chi connectivity index (χ3v) is 3.40. The number of hydrogen-bond donors (Lipinski definition) is 4. The molecule has 4 N–H and O–H groups in total. The molecule has 7 heteroatoms. The lowest BCUT2D eigenvalue weighted by atomic mass is 10.1. The number of anilines is 1. The molecule has 0 spiro atoms. The van der Waals surface area contributed by atoms with E-state index in [0.717, 1.165) is 6.42 Å². The Hall–Kier alpha value is -2.25. The zero-order valence-electron chi connectivity index (χ0n) is 12.3. The number of para-hydroxylation sites is 1. The largest absolute Gasteiger partial charge is 0.361 e. The van der Waals surface area contributed by atoms with Gasteiger partial charge in [0.1, 0.15) is 5.82 Å². The molecule has 0 aliphatic heterocycles. The number of halogens is 1. The van der Waals surface area contributed by atoms with Crippen molar-refractivity contribution in [1.82, 2.24) is 16.2 Å². The van der Waals surface area contributed by atoms with Crippen LogP contribution in [0.2, 0.25) is 0 Å². The van der Waals surface area contributed by atoms with Crippen molar-refractivity contribution in [3.8, 4) is 0 Å². The SMILES string of the molecule is Fc1ccccc1NC(=S)NNC(=S)NCCc1ccccc1. The molecule has 0 bridgehead atoms. The average Bonchev–Trinajstić information content (AvgIpc) is 2.56. The van der Waals surface area contributed by atoms with Gasteiger partial charge >= 0.3 is 0 Å². The van der Waals surface area contributed by atoms with Gasteiger partial charge in [0.25, 0.3) is 0 Å². The van der Waals surface area contributed by atoms with E-state index in [4.69, 9.17) is 24.4 Å². The summed E-state index contributed by atoms with van der Waals surface area (Å²) < 4.78 is 13.5. The van der Waals surface area contributed by atoms with Gasteiger partial charge in [0.15, 0.2) is 10.2 Å². The summed E-state index contributed by atoms with van der Waals surface area (Å²) in [5.41, 5.74) is 6.99. The van der Waals surface area contributed by atoms with E-state index in [9.17, 15) is 4.39 Å². The van der Waals surface area contributed by atoms with E-state index in [1.54, 1.807) is 18.2 Å². The summed E-state index contributed by atoms with van der Waals surface area (Å²) in [5, 5.41) is 6.44. The van der Waals surface area contributed by atoms with E-state index in [2.05, 4.69) is 33.6 Å². The minimum absolute atomic E-state index is 0.224. The van der Waals surface area contributed by atoms with Crippen LogP contribution in [0.3, 0.4) is 0 Å². The first kappa shape index (κ1) is 17.1. The minimum Gasteiger partial charge on any atom is -0.361 e. The molecule has 0 aliphatic carbocycles. The van der Waals surface area contributed by atoms with Gasteiger partial charge in [-0.3, -0.25) is 10.9 Å². The molecule has 2 aromatic rings. The molecule has 0 amide bonds. The Morgan fingerprint density at radius 3 is 2.26 bits per heavy atom. The van der Waals surface area contributed by atoms with Gasteiger partial charge < -0.3 is 10.6 Å². The fraction of sp³-hybridized carbons (Fsp3) is 0.125. The molecule has 0 saturated carbocycles. The Balaban J connectivity index is 1.66. The summed E-state index contributed by atoms with van der Waals surface area (Å²) in [7, 11) is 0. The van der Waals surface area contributed by atoms with Gasteiger partial charge in [-0.25, -0.2) is 4.39 Å². The summed E-state index contributed by atoms with van der Waals surface area (Å²) >= 11 is 10.2. The zero-order chi connectivity index (χ0) is 16.5. The number of thiocarbonyl (C=S) groups is 2. The van der Waals surface area contributed by atoms with E-state index >= 15 is 0 Å². The van der Waals surface area contributed by atoms with Crippen LogP contribution in [0.25, 0.3) is 0 Å². The highest BCUT2D eigenvalue weighted by molar-refractivity contribution is 7.80. The summed E-state index contributed by atoms with van der Waals surface area (Å²) in [6, 6.07) is 16.4. The standard InChI is InChI=1S/C16H17FN4S2/c17-13-8-4-5-9-14(13)19-16(23)21-20-15(22)18-11-10-12-6-2-1-3-7-12/h1-9H,10-11H2,(H2,18,20,22)(H2,19,21,23). The Kier molecular flexibility index (Phi) is 6.71. The first-order valence-electron chi connectivity index (χ1n) is 7.04. The van der Waals surface area contributed by atoms with Gasteiger partial charge in [-0.1, -0.05) is 42.5 Å². The summed E-state index contributed by atoms with van der Waals surface area (Å²) in [4.78, 5) is 0. The second-order valence-electron chi connectivity index (χ2n) is 4.68. The van der Waals surface area contributed by atoms with Gasteiger partial charge in [-0.15, -0.1) is 0 Å². The highest BCUT2D eigenvalue weighted by Crippen LogP contribution is 2.11. The third kappa shape index (κ3) is 6.17. The molecular weight excluding hydrogens is 331 g/mol. The summed E-state index contributed by atoms with van der Waals surface area (Å²) in [6.07, 6.45) is 0.862. The van der Waals surface area contributed by atoms with Crippen molar-refractivity contribution < 1.29 is 4.39 Å². The van der Waals surface area contributed by atoms with Crippen LogP contribution in [0.4, 0.5) is 10.1 Å². The van der Waals surface area contributed by atoms with Crippen molar-refractivity contribution in [2.24, 2.45) is 0 Å². The van der Waals surface area contributed by atoms with Gasteiger partial charge in [0.05, 0.1) is 5.69 Å². The zero-order valence-corrected chi connectivity index (χ0v) is 13.9. The van der Waals surface area contributed by atoms with Crippen LogP contribution in [0.5, 0.6) is 0 Å². The molecule has 0 aliphatic rings. The quantitative estimate of drug-likeness (QED) is 0.504. The first-order valence-corrected chi connectivity index (χ1v) is 7.86. The van der Waals surface area contributed by atoms with E-state index in [-0.39, 0.29) is 10.9 Å². The van der Waals surface area contributed by atoms with Crippen molar-refractivity contribution in [1.29, 1.82) is 0 Å². The molecular formula is C16H17FN4S2. The van der Waals surface area contributed by atoms with E-state index in [0.29, 0.717) is 17.3 Å². The Labute approximate surface area is 145 Å². The van der Waals surface area contributed by atoms with Crippen LogP contribution in [0.15, 0.2) is 54.6 Å². The lowest BCUT2D eigenvalue weighted by Crippen LogP contribution is -2.48. The van der Waals surface area contributed by atoms with Gasteiger partial charge in [0, 0.05) is 6.54 Å². The molecule has 0 fully saturated rings. The van der Waals surface area contributed by atoms with Gasteiger partial charge in [0.2, 0.25) is 0 Å². The van der Waals surface area contributed by atoms with Crippen molar-refractivity contribution in [2.75, 3.05) is 11.9 Å². The Morgan fingerprint density at radius 2 is 1.52 bits per heavy atom. The number of nitrogens with one attached hydrogen (secondary N) is 4. The maximum atomic E-state index is 13.5. The monoisotopic (exact) mass is 348 g/mol. The lowest BCUT2D eigenvalue weighted by molar-refractivity contribution is 0.632. The predicted octanol–water partition coefficient (Wildman–Crippen LogP) is 2.73. The second-order valence-corrected chi connectivity index (χ2v) is 5.49. The maximum Gasteiger partial charge on any atom is 0.189 e.